The van der Waals surface area contributed by atoms with Crippen LogP contribution in [0.4, 0.5) is 5.69 Å². The molecular weight excluding hydrogens is 324 g/mol. The number of carbonyl (C=O) groups is 4. The standard InChI is InChI=1S/C18H20N2O5/c21-9-2-1-8-19-13-5-3-4-12-16(13)18(25)20(17(12)24)14-7-6-11(22)10-15(14)23/h3-5,14,19,21H,1-2,6-10H2. The number of carbonyl (C=O) groups excluding carboxylic acids is 4. The van der Waals surface area contributed by atoms with E-state index >= 15 is 0 Å². The first-order valence-electron chi connectivity index (χ1n) is 8.44. The van der Waals surface area contributed by atoms with Crippen LogP contribution in [-0.4, -0.2) is 52.6 Å². The van der Waals surface area contributed by atoms with Crippen molar-refractivity contribution >= 4 is 29.1 Å². The first-order chi connectivity index (χ1) is 12.0. The van der Waals surface area contributed by atoms with Crippen molar-refractivity contribution in [2.75, 3.05) is 18.5 Å². The SMILES string of the molecule is O=C1CCC(N2C(=O)c3cccc(NCCCCO)c3C2=O)C(=O)C1. The third-order valence-corrected chi connectivity index (χ3v) is 4.60. The Balaban J connectivity index is 1.84. The largest absolute Gasteiger partial charge is 0.396 e. The zero-order valence-corrected chi connectivity index (χ0v) is 13.8. The normalized spacial score (nSPS) is 20.2. The zero-order chi connectivity index (χ0) is 18.0. The summed E-state index contributed by atoms with van der Waals surface area (Å²) < 4.78 is 0. The maximum atomic E-state index is 12.8. The maximum Gasteiger partial charge on any atom is 0.264 e. The Morgan fingerprint density at radius 1 is 1.12 bits per heavy atom. The van der Waals surface area contributed by atoms with Crippen molar-refractivity contribution in [3.05, 3.63) is 29.3 Å². The van der Waals surface area contributed by atoms with Crippen molar-refractivity contribution in [1.82, 2.24) is 4.90 Å². The Bertz CT molecular complexity index is 743. The summed E-state index contributed by atoms with van der Waals surface area (Å²) in [5.74, 6) is -1.49. The minimum atomic E-state index is -0.854. The second-order valence-corrected chi connectivity index (χ2v) is 6.30. The van der Waals surface area contributed by atoms with E-state index < -0.39 is 17.9 Å². The topological polar surface area (TPSA) is 104 Å². The molecule has 1 unspecified atom stereocenters. The average Bonchev–Trinajstić information content (AvgIpc) is 2.84. The molecule has 1 saturated carbocycles. The van der Waals surface area contributed by atoms with E-state index in [1.165, 1.54) is 0 Å². The van der Waals surface area contributed by atoms with Gasteiger partial charge >= 0.3 is 0 Å². The van der Waals surface area contributed by atoms with Crippen molar-refractivity contribution in [3.63, 3.8) is 0 Å². The van der Waals surface area contributed by atoms with Gasteiger partial charge in [0, 0.05) is 25.3 Å². The molecule has 1 aliphatic carbocycles. The highest BCUT2D eigenvalue weighted by atomic mass is 16.3. The molecule has 0 aromatic heterocycles. The van der Waals surface area contributed by atoms with Crippen molar-refractivity contribution in [3.8, 4) is 0 Å². The van der Waals surface area contributed by atoms with Crippen LogP contribution in [0.3, 0.4) is 0 Å². The van der Waals surface area contributed by atoms with E-state index in [0.29, 0.717) is 18.7 Å². The lowest BCUT2D eigenvalue weighted by atomic mass is 9.92. The van der Waals surface area contributed by atoms with Crippen LogP contribution in [0.2, 0.25) is 0 Å². The Morgan fingerprint density at radius 3 is 2.64 bits per heavy atom. The fourth-order valence-electron chi connectivity index (χ4n) is 3.33. The van der Waals surface area contributed by atoms with Gasteiger partial charge in [0.2, 0.25) is 0 Å². The first kappa shape index (κ1) is 17.3. The lowest BCUT2D eigenvalue weighted by molar-refractivity contribution is -0.132. The molecule has 1 aliphatic heterocycles. The number of imide groups is 1. The average molecular weight is 344 g/mol. The Morgan fingerprint density at radius 2 is 1.92 bits per heavy atom. The van der Waals surface area contributed by atoms with Crippen molar-refractivity contribution < 1.29 is 24.3 Å². The molecule has 7 heteroatoms. The Hall–Kier alpha value is -2.54. The van der Waals surface area contributed by atoms with Gasteiger partial charge in [-0.05, 0) is 31.4 Å². The summed E-state index contributed by atoms with van der Waals surface area (Å²) in [4.78, 5) is 50.1. The molecule has 1 atom stereocenters. The second-order valence-electron chi connectivity index (χ2n) is 6.30. The van der Waals surface area contributed by atoms with E-state index in [9.17, 15) is 19.2 Å². The van der Waals surface area contributed by atoms with Gasteiger partial charge in [0.15, 0.2) is 5.78 Å². The molecular formula is C18H20N2O5. The summed E-state index contributed by atoms with van der Waals surface area (Å²) in [7, 11) is 0. The number of aliphatic hydroxyl groups is 1. The quantitative estimate of drug-likeness (QED) is 0.456. The van der Waals surface area contributed by atoms with E-state index in [4.69, 9.17) is 5.11 Å². The van der Waals surface area contributed by atoms with E-state index in [1.807, 2.05) is 0 Å². The Kier molecular flexibility index (Phi) is 4.94. The van der Waals surface area contributed by atoms with E-state index in [1.54, 1.807) is 18.2 Å². The van der Waals surface area contributed by atoms with Gasteiger partial charge < -0.3 is 10.4 Å². The number of hydrogen-bond donors (Lipinski definition) is 2. The van der Waals surface area contributed by atoms with Crippen LogP contribution in [0, 0.1) is 0 Å². The molecule has 25 heavy (non-hydrogen) atoms. The van der Waals surface area contributed by atoms with E-state index in [-0.39, 0.29) is 48.6 Å². The number of nitrogens with one attached hydrogen (secondary N) is 1. The molecule has 2 N–H and O–H groups in total. The fourth-order valence-corrected chi connectivity index (χ4v) is 3.33. The number of nitrogens with zero attached hydrogens (tertiary/aromatic N) is 1. The smallest absolute Gasteiger partial charge is 0.264 e. The van der Waals surface area contributed by atoms with Crippen molar-refractivity contribution in [1.29, 1.82) is 0 Å². The van der Waals surface area contributed by atoms with Crippen molar-refractivity contribution in [2.24, 2.45) is 0 Å². The monoisotopic (exact) mass is 344 g/mol. The maximum absolute atomic E-state index is 12.8. The minimum absolute atomic E-state index is 0.0995. The summed E-state index contributed by atoms with van der Waals surface area (Å²) in [6.45, 7) is 0.664. The van der Waals surface area contributed by atoms with Gasteiger partial charge in [-0.1, -0.05) is 6.07 Å². The number of unbranched alkanes of at least 4 members (excludes halogenated alkanes) is 1. The number of aliphatic hydroxyl groups excluding tert-OH is 1. The van der Waals surface area contributed by atoms with Gasteiger partial charge in [0.1, 0.15) is 5.78 Å². The van der Waals surface area contributed by atoms with Gasteiger partial charge in [0.05, 0.1) is 23.6 Å². The third kappa shape index (κ3) is 3.19. The van der Waals surface area contributed by atoms with Crippen LogP contribution in [0.15, 0.2) is 18.2 Å². The molecule has 3 rings (SSSR count). The van der Waals surface area contributed by atoms with Gasteiger partial charge in [-0.2, -0.15) is 0 Å². The molecule has 0 spiro atoms. The number of amides is 2. The summed E-state index contributed by atoms with van der Waals surface area (Å²) in [5.41, 5.74) is 1.11. The number of anilines is 1. The van der Waals surface area contributed by atoms with Gasteiger partial charge in [-0.25, -0.2) is 0 Å². The second kappa shape index (κ2) is 7.14. The Labute approximate surface area is 145 Å². The highest BCUT2D eigenvalue weighted by Crippen LogP contribution is 2.33. The molecule has 2 amide bonds. The lowest BCUT2D eigenvalue weighted by Gasteiger charge is -2.27. The number of Topliss-reactive ketones (excluding diaryl/α,β-unsaturated/α-hetero) is 2. The summed E-state index contributed by atoms with van der Waals surface area (Å²) in [6, 6.07) is 4.13. The van der Waals surface area contributed by atoms with E-state index in [2.05, 4.69) is 5.32 Å². The van der Waals surface area contributed by atoms with Crippen LogP contribution >= 0.6 is 0 Å². The molecule has 0 bridgehead atoms. The molecule has 1 aromatic carbocycles. The van der Waals surface area contributed by atoms with Crippen LogP contribution in [0.25, 0.3) is 0 Å². The number of benzene rings is 1. The lowest BCUT2D eigenvalue weighted by Crippen LogP contribution is -2.47. The molecule has 1 heterocycles. The molecule has 7 nitrogen and oxygen atoms in total. The first-order valence-corrected chi connectivity index (χ1v) is 8.44. The molecule has 0 radical (unpaired) electrons. The van der Waals surface area contributed by atoms with Crippen LogP contribution in [0.1, 0.15) is 52.8 Å². The fraction of sp³-hybridized carbons (Fsp3) is 0.444. The number of ketones is 2. The zero-order valence-electron chi connectivity index (χ0n) is 13.8. The van der Waals surface area contributed by atoms with Gasteiger partial charge in [0.25, 0.3) is 11.8 Å². The molecule has 2 aliphatic rings. The molecule has 132 valence electrons. The van der Waals surface area contributed by atoms with Gasteiger partial charge in [-0.15, -0.1) is 0 Å². The molecule has 1 fully saturated rings. The highest BCUT2D eigenvalue weighted by Gasteiger charge is 2.45. The third-order valence-electron chi connectivity index (χ3n) is 4.60. The highest BCUT2D eigenvalue weighted by molar-refractivity contribution is 6.25. The summed E-state index contributed by atoms with van der Waals surface area (Å²) >= 11 is 0. The molecule has 1 aromatic rings. The minimum Gasteiger partial charge on any atom is -0.396 e. The van der Waals surface area contributed by atoms with Gasteiger partial charge in [-0.3, -0.25) is 24.1 Å². The molecule has 0 saturated heterocycles. The van der Waals surface area contributed by atoms with Crippen LogP contribution in [0.5, 0.6) is 0 Å². The van der Waals surface area contributed by atoms with Crippen LogP contribution in [-0.2, 0) is 9.59 Å². The predicted octanol–water partition coefficient (Wildman–Crippen LogP) is 1.16. The predicted molar refractivity (Wildman–Crippen MR) is 89.4 cm³/mol. The summed E-state index contributed by atoms with van der Waals surface area (Å²) in [5, 5.41) is 12.0. The van der Waals surface area contributed by atoms with Crippen LogP contribution < -0.4 is 5.32 Å². The summed E-state index contributed by atoms with van der Waals surface area (Å²) in [6.07, 6.45) is 1.56. The number of hydrogen-bond acceptors (Lipinski definition) is 6. The number of rotatable bonds is 6. The van der Waals surface area contributed by atoms with E-state index in [0.717, 1.165) is 11.3 Å². The number of fused-ring (bicyclic) bond motifs is 1. The van der Waals surface area contributed by atoms with Crippen molar-refractivity contribution in [2.45, 2.75) is 38.1 Å².